The first-order valence-corrected chi connectivity index (χ1v) is 7.07. The van der Waals surface area contributed by atoms with E-state index >= 15 is 0 Å². The largest absolute Gasteiger partial charge is 0.381 e. The molecule has 1 fully saturated rings. The van der Waals surface area contributed by atoms with Gasteiger partial charge >= 0.3 is 0 Å². The average Bonchev–Trinajstić information content (AvgIpc) is 2.71. The van der Waals surface area contributed by atoms with E-state index < -0.39 is 0 Å². The first-order chi connectivity index (χ1) is 7.69. The van der Waals surface area contributed by atoms with Gasteiger partial charge in [0.2, 0.25) is 0 Å². The Kier molecular flexibility index (Phi) is 4.15. The van der Waals surface area contributed by atoms with Crippen molar-refractivity contribution in [1.82, 2.24) is 0 Å². The Hall–Kier alpha value is -0.210. The molecule has 2 unspecified atom stereocenters. The van der Waals surface area contributed by atoms with Crippen molar-refractivity contribution in [2.75, 3.05) is 5.32 Å². The van der Waals surface area contributed by atoms with E-state index in [0.29, 0.717) is 6.04 Å². The molecule has 1 aliphatic carbocycles. The standard InChI is InChI=1S/C13H17BrClN/c1-2-9-3-5-11(7-9)16-13-8-10(14)4-6-12(13)15/h4,6,8-9,11,16H,2-3,5,7H2,1H3. The van der Waals surface area contributed by atoms with E-state index in [9.17, 15) is 0 Å². The smallest absolute Gasteiger partial charge is 0.0638 e. The maximum Gasteiger partial charge on any atom is 0.0638 e. The van der Waals surface area contributed by atoms with Crippen LogP contribution in [0.25, 0.3) is 0 Å². The summed E-state index contributed by atoms with van der Waals surface area (Å²) in [4.78, 5) is 0. The van der Waals surface area contributed by atoms with E-state index in [1.165, 1.54) is 25.7 Å². The third-order valence-corrected chi connectivity index (χ3v) is 4.23. The fraction of sp³-hybridized carbons (Fsp3) is 0.538. The van der Waals surface area contributed by atoms with Gasteiger partial charge in [-0.1, -0.05) is 40.9 Å². The van der Waals surface area contributed by atoms with Crippen molar-refractivity contribution in [2.45, 2.75) is 38.6 Å². The van der Waals surface area contributed by atoms with Crippen LogP contribution < -0.4 is 5.32 Å². The van der Waals surface area contributed by atoms with Gasteiger partial charge in [0.05, 0.1) is 10.7 Å². The zero-order valence-corrected chi connectivity index (χ0v) is 11.8. The van der Waals surface area contributed by atoms with Gasteiger partial charge in [0, 0.05) is 10.5 Å². The third-order valence-electron chi connectivity index (χ3n) is 3.41. The molecule has 0 aromatic heterocycles. The van der Waals surface area contributed by atoms with Crippen molar-refractivity contribution in [3.8, 4) is 0 Å². The lowest BCUT2D eigenvalue weighted by atomic mass is 10.1. The average molecular weight is 303 g/mol. The van der Waals surface area contributed by atoms with Crippen molar-refractivity contribution in [1.29, 1.82) is 0 Å². The summed E-state index contributed by atoms with van der Waals surface area (Å²) >= 11 is 9.63. The fourth-order valence-corrected chi connectivity index (χ4v) is 2.94. The van der Waals surface area contributed by atoms with E-state index in [2.05, 4.69) is 34.2 Å². The zero-order chi connectivity index (χ0) is 11.5. The molecule has 2 rings (SSSR count). The van der Waals surface area contributed by atoms with Gasteiger partial charge in [-0.3, -0.25) is 0 Å². The minimum absolute atomic E-state index is 0.594. The van der Waals surface area contributed by atoms with Crippen molar-refractivity contribution >= 4 is 33.2 Å². The van der Waals surface area contributed by atoms with Gasteiger partial charge in [-0.05, 0) is 43.4 Å². The Morgan fingerprint density at radius 3 is 2.94 bits per heavy atom. The highest BCUT2D eigenvalue weighted by Crippen LogP contribution is 2.33. The lowest BCUT2D eigenvalue weighted by molar-refractivity contribution is 0.525. The van der Waals surface area contributed by atoms with Crippen LogP contribution >= 0.6 is 27.5 Å². The van der Waals surface area contributed by atoms with Crippen LogP contribution in [0.1, 0.15) is 32.6 Å². The van der Waals surface area contributed by atoms with Gasteiger partial charge < -0.3 is 5.32 Å². The highest BCUT2D eigenvalue weighted by molar-refractivity contribution is 9.10. The number of anilines is 1. The van der Waals surface area contributed by atoms with E-state index in [1.807, 2.05) is 12.1 Å². The molecule has 1 N–H and O–H groups in total. The van der Waals surface area contributed by atoms with Crippen molar-refractivity contribution in [3.63, 3.8) is 0 Å². The zero-order valence-electron chi connectivity index (χ0n) is 9.47. The predicted molar refractivity (Wildman–Crippen MR) is 74.2 cm³/mol. The molecular weight excluding hydrogens is 286 g/mol. The van der Waals surface area contributed by atoms with Crippen LogP contribution in [-0.4, -0.2) is 6.04 Å². The lowest BCUT2D eigenvalue weighted by Gasteiger charge is -2.15. The van der Waals surface area contributed by atoms with E-state index in [1.54, 1.807) is 0 Å². The molecule has 1 nitrogen and oxygen atoms in total. The highest BCUT2D eigenvalue weighted by Gasteiger charge is 2.23. The summed E-state index contributed by atoms with van der Waals surface area (Å²) in [6, 6.07) is 6.55. The molecule has 1 aromatic carbocycles. The maximum absolute atomic E-state index is 6.16. The summed E-state index contributed by atoms with van der Waals surface area (Å²) in [6.45, 7) is 2.28. The fourth-order valence-electron chi connectivity index (χ4n) is 2.40. The first-order valence-electron chi connectivity index (χ1n) is 5.90. The SMILES string of the molecule is CCC1CCC(Nc2cc(Br)ccc2Cl)C1. The van der Waals surface area contributed by atoms with Gasteiger partial charge in [-0.2, -0.15) is 0 Å². The first kappa shape index (κ1) is 12.3. The molecule has 88 valence electrons. The Balaban J connectivity index is 2.01. The summed E-state index contributed by atoms with van der Waals surface area (Å²) < 4.78 is 1.07. The number of rotatable bonds is 3. The van der Waals surface area contributed by atoms with Gasteiger partial charge in [0.15, 0.2) is 0 Å². The molecule has 0 radical (unpaired) electrons. The van der Waals surface area contributed by atoms with Crippen LogP contribution in [0.2, 0.25) is 5.02 Å². The summed E-state index contributed by atoms with van der Waals surface area (Å²) in [5, 5.41) is 4.36. The van der Waals surface area contributed by atoms with E-state index in [-0.39, 0.29) is 0 Å². The normalized spacial score (nSPS) is 24.7. The van der Waals surface area contributed by atoms with Gasteiger partial charge in [0.1, 0.15) is 0 Å². The van der Waals surface area contributed by atoms with Gasteiger partial charge in [0.25, 0.3) is 0 Å². The minimum Gasteiger partial charge on any atom is -0.381 e. The Morgan fingerprint density at radius 2 is 2.25 bits per heavy atom. The highest BCUT2D eigenvalue weighted by atomic mass is 79.9. The van der Waals surface area contributed by atoms with E-state index in [4.69, 9.17) is 11.6 Å². The van der Waals surface area contributed by atoms with Crippen molar-refractivity contribution in [3.05, 3.63) is 27.7 Å². The van der Waals surface area contributed by atoms with Crippen molar-refractivity contribution in [2.24, 2.45) is 5.92 Å². The van der Waals surface area contributed by atoms with Gasteiger partial charge in [-0.15, -0.1) is 0 Å². The van der Waals surface area contributed by atoms with Crippen LogP contribution in [-0.2, 0) is 0 Å². The molecule has 1 aromatic rings. The quantitative estimate of drug-likeness (QED) is 0.819. The summed E-state index contributed by atoms with van der Waals surface area (Å²) in [6.07, 6.45) is 5.19. The number of hydrogen-bond acceptors (Lipinski definition) is 1. The molecule has 0 aliphatic heterocycles. The third kappa shape index (κ3) is 2.92. The summed E-state index contributed by atoms with van der Waals surface area (Å²) in [5.74, 6) is 0.892. The number of nitrogens with one attached hydrogen (secondary N) is 1. The molecular formula is C13H17BrClN. The van der Waals surface area contributed by atoms with Crippen LogP contribution in [0.3, 0.4) is 0 Å². The summed E-state index contributed by atoms with van der Waals surface area (Å²) in [5.41, 5.74) is 1.05. The molecule has 16 heavy (non-hydrogen) atoms. The molecule has 0 saturated heterocycles. The predicted octanol–water partition coefficient (Wildman–Crippen LogP) is 5.09. The Morgan fingerprint density at radius 1 is 1.44 bits per heavy atom. The minimum atomic E-state index is 0.594. The van der Waals surface area contributed by atoms with Crippen molar-refractivity contribution < 1.29 is 0 Å². The molecule has 2 atom stereocenters. The van der Waals surface area contributed by atoms with Crippen LogP contribution in [0, 0.1) is 5.92 Å². The van der Waals surface area contributed by atoms with Crippen LogP contribution in [0.4, 0.5) is 5.69 Å². The monoisotopic (exact) mass is 301 g/mol. The Labute approximate surface area is 111 Å². The maximum atomic E-state index is 6.16. The second-order valence-electron chi connectivity index (χ2n) is 4.55. The second-order valence-corrected chi connectivity index (χ2v) is 5.88. The topological polar surface area (TPSA) is 12.0 Å². The second kappa shape index (κ2) is 5.42. The summed E-state index contributed by atoms with van der Waals surface area (Å²) in [7, 11) is 0. The van der Waals surface area contributed by atoms with Crippen LogP contribution in [0.5, 0.6) is 0 Å². The van der Waals surface area contributed by atoms with E-state index in [0.717, 1.165) is 21.1 Å². The molecule has 0 heterocycles. The van der Waals surface area contributed by atoms with Crippen LogP contribution in [0.15, 0.2) is 22.7 Å². The number of benzene rings is 1. The molecule has 1 saturated carbocycles. The molecule has 0 bridgehead atoms. The Bertz CT molecular complexity index is 367. The van der Waals surface area contributed by atoms with Gasteiger partial charge in [-0.25, -0.2) is 0 Å². The molecule has 0 amide bonds. The molecule has 0 spiro atoms. The molecule has 3 heteroatoms. The molecule has 1 aliphatic rings. The lowest BCUT2D eigenvalue weighted by Crippen LogP contribution is -2.15. The number of hydrogen-bond donors (Lipinski definition) is 1. The number of halogens is 2.